The molecule has 0 radical (unpaired) electrons. The molecule has 2 N–H and O–H groups in total. The third-order valence-electron chi connectivity index (χ3n) is 4.56. The van der Waals surface area contributed by atoms with Crippen molar-refractivity contribution in [3.8, 4) is 0 Å². The molecule has 0 aliphatic carbocycles. The predicted octanol–water partition coefficient (Wildman–Crippen LogP) is 3.64. The number of fused-ring (bicyclic) bond motifs is 1. The lowest BCUT2D eigenvalue weighted by Gasteiger charge is -2.22. The maximum atomic E-state index is 12.4. The van der Waals surface area contributed by atoms with Gasteiger partial charge in [0.2, 0.25) is 0 Å². The van der Waals surface area contributed by atoms with Crippen LogP contribution in [0.2, 0.25) is 10.3 Å². The molecule has 0 saturated carbocycles. The first kappa shape index (κ1) is 21.8. The average Bonchev–Trinajstić information content (AvgIpc) is 2.99. The van der Waals surface area contributed by atoms with Crippen LogP contribution in [0.4, 0.5) is 0 Å². The van der Waals surface area contributed by atoms with Gasteiger partial charge in [-0.3, -0.25) is 14.5 Å². The Kier molecular flexibility index (Phi) is 6.71. The van der Waals surface area contributed by atoms with Gasteiger partial charge in [-0.25, -0.2) is 0 Å². The SMILES string of the molecule is CC(N)c1ccnnc1Cl.CC(c1ccnnc1Cl)N1C(=O)c2ccccc2C1=O. The third-order valence-corrected chi connectivity index (χ3v) is 5.15. The van der Waals surface area contributed by atoms with Crippen LogP contribution in [-0.2, 0) is 0 Å². The standard InChI is InChI=1S/C14H10ClN3O2.C6H8ClN3/c1-8(9-6-7-16-17-12(9)15)18-13(19)10-4-2-3-5-11(10)14(18)20;1-4(8)5-2-3-9-10-6(5)7/h2-8H,1H3;2-4H,8H2,1H3. The van der Waals surface area contributed by atoms with Crippen LogP contribution < -0.4 is 5.73 Å². The van der Waals surface area contributed by atoms with Crippen LogP contribution in [0.25, 0.3) is 0 Å². The lowest BCUT2D eigenvalue weighted by atomic mass is 10.1. The summed E-state index contributed by atoms with van der Waals surface area (Å²) >= 11 is 11.6. The molecule has 1 aliphatic heterocycles. The molecular formula is C20H18Cl2N6O2. The van der Waals surface area contributed by atoms with Crippen molar-refractivity contribution in [3.05, 3.63) is 81.4 Å². The first-order chi connectivity index (χ1) is 14.3. The maximum absolute atomic E-state index is 12.4. The molecule has 0 bridgehead atoms. The highest BCUT2D eigenvalue weighted by atomic mass is 35.5. The highest BCUT2D eigenvalue weighted by Gasteiger charge is 2.39. The van der Waals surface area contributed by atoms with Gasteiger partial charge in [0.25, 0.3) is 11.8 Å². The molecule has 4 rings (SSSR count). The molecule has 2 unspecified atom stereocenters. The van der Waals surface area contributed by atoms with Gasteiger partial charge in [0.05, 0.1) is 29.6 Å². The fourth-order valence-electron chi connectivity index (χ4n) is 3.00. The van der Waals surface area contributed by atoms with Gasteiger partial charge in [0.1, 0.15) is 0 Å². The minimum atomic E-state index is -0.495. The fraction of sp³-hybridized carbons (Fsp3) is 0.200. The molecule has 2 aromatic heterocycles. The van der Waals surface area contributed by atoms with Crippen molar-refractivity contribution in [3.63, 3.8) is 0 Å². The number of hydrogen-bond acceptors (Lipinski definition) is 7. The Morgan fingerprint density at radius 3 is 1.70 bits per heavy atom. The Bertz CT molecular complexity index is 1060. The molecule has 8 nitrogen and oxygen atoms in total. The summed E-state index contributed by atoms with van der Waals surface area (Å²) in [5.74, 6) is -0.628. The molecule has 2 amide bonds. The predicted molar refractivity (Wildman–Crippen MR) is 112 cm³/mol. The highest BCUT2D eigenvalue weighted by Crippen LogP contribution is 2.32. The van der Waals surface area contributed by atoms with Crippen LogP contribution in [0.5, 0.6) is 0 Å². The molecule has 3 heterocycles. The van der Waals surface area contributed by atoms with Gasteiger partial charge in [-0.15, -0.1) is 10.2 Å². The number of halogens is 2. The van der Waals surface area contributed by atoms with Crippen molar-refractivity contribution in [1.82, 2.24) is 25.3 Å². The van der Waals surface area contributed by atoms with Crippen molar-refractivity contribution in [2.45, 2.75) is 25.9 Å². The van der Waals surface area contributed by atoms with Crippen molar-refractivity contribution in [2.24, 2.45) is 5.73 Å². The molecule has 1 aromatic carbocycles. The molecule has 0 saturated heterocycles. The number of rotatable bonds is 3. The number of aromatic nitrogens is 4. The fourth-order valence-corrected chi connectivity index (χ4v) is 3.54. The molecule has 3 aromatic rings. The Hall–Kier alpha value is -2.94. The number of amides is 2. The van der Waals surface area contributed by atoms with Gasteiger partial charge >= 0.3 is 0 Å². The molecule has 0 spiro atoms. The zero-order chi connectivity index (χ0) is 21.8. The van der Waals surface area contributed by atoms with E-state index in [-0.39, 0.29) is 23.0 Å². The van der Waals surface area contributed by atoms with Crippen LogP contribution in [0, 0.1) is 0 Å². The largest absolute Gasteiger partial charge is 0.324 e. The average molecular weight is 445 g/mol. The van der Waals surface area contributed by atoms with Crippen LogP contribution >= 0.6 is 23.2 Å². The number of hydrogen-bond donors (Lipinski definition) is 1. The molecule has 10 heteroatoms. The number of imide groups is 1. The molecule has 30 heavy (non-hydrogen) atoms. The molecule has 154 valence electrons. The molecule has 0 fully saturated rings. The van der Waals surface area contributed by atoms with E-state index >= 15 is 0 Å². The minimum absolute atomic E-state index is 0.0806. The van der Waals surface area contributed by atoms with Crippen LogP contribution in [-0.4, -0.2) is 37.1 Å². The topological polar surface area (TPSA) is 115 Å². The molecule has 1 aliphatic rings. The zero-order valence-corrected chi connectivity index (χ0v) is 17.7. The van der Waals surface area contributed by atoms with Gasteiger partial charge in [-0.2, -0.15) is 10.2 Å². The van der Waals surface area contributed by atoms with Gasteiger partial charge in [0, 0.05) is 17.2 Å². The summed E-state index contributed by atoms with van der Waals surface area (Å²) in [6.45, 7) is 3.59. The van der Waals surface area contributed by atoms with Crippen molar-refractivity contribution < 1.29 is 9.59 Å². The number of nitrogens with two attached hydrogens (primary N) is 1. The lowest BCUT2D eigenvalue weighted by Crippen LogP contribution is -2.32. The van der Waals surface area contributed by atoms with Crippen molar-refractivity contribution >= 4 is 35.0 Å². The van der Waals surface area contributed by atoms with E-state index < -0.39 is 6.04 Å². The summed E-state index contributed by atoms with van der Waals surface area (Å²) in [5, 5.41) is 15.2. The summed E-state index contributed by atoms with van der Waals surface area (Å²) in [6.07, 6.45) is 3.06. The summed E-state index contributed by atoms with van der Waals surface area (Å²) in [5.41, 5.74) is 7.82. The lowest BCUT2D eigenvalue weighted by molar-refractivity contribution is 0.0595. The number of carbonyl (C=O) groups is 2. The van der Waals surface area contributed by atoms with Crippen molar-refractivity contribution in [1.29, 1.82) is 0 Å². The first-order valence-corrected chi connectivity index (χ1v) is 9.75. The van der Waals surface area contributed by atoms with Crippen LogP contribution in [0.1, 0.15) is 57.8 Å². The zero-order valence-electron chi connectivity index (χ0n) is 16.2. The van der Waals surface area contributed by atoms with Crippen molar-refractivity contribution in [2.75, 3.05) is 0 Å². The summed E-state index contributed by atoms with van der Waals surface area (Å²) in [4.78, 5) is 25.9. The van der Waals surface area contributed by atoms with Crippen LogP contribution in [0.15, 0.2) is 48.8 Å². The van der Waals surface area contributed by atoms with Gasteiger partial charge in [-0.1, -0.05) is 35.3 Å². The highest BCUT2D eigenvalue weighted by molar-refractivity contribution is 6.30. The minimum Gasteiger partial charge on any atom is -0.324 e. The second-order valence-corrected chi connectivity index (χ2v) is 7.26. The Morgan fingerprint density at radius 2 is 1.30 bits per heavy atom. The van der Waals surface area contributed by atoms with E-state index in [1.807, 2.05) is 6.92 Å². The monoisotopic (exact) mass is 444 g/mol. The molecule has 2 atom stereocenters. The van der Waals surface area contributed by atoms with E-state index in [2.05, 4.69) is 20.4 Å². The second kappa shape index (κ2) is 9.25. The quantitative estimate of drug-likeness (QED) is 0.612. The first-order valence-electron chi connectivity index (χ1n) is 8.99. The van der Waals surface area contributed by atoms with E-state index in [9.17, 15) is 9.59 Å². The maximum Gasteiger partial charge on any atom is 0.262 e. The Labute approximate surface area is 183 Å². The van der Waals surface area contributed by atoms with Gasteiger partial charge in [-0.05, 0) is 38.1 Å². The van der Waals surface area contributed by atoms with E-state index in [4.69, 9.17) is 28.9 Å². The molecular weight excluding hydrogens is 427 g/mol. The Morgan fingerprint density at radius 1 is 0.833 bits per heavy atom. The van der Waals surface area contributed by atoms with Gasteiger partial charge < -0.3 is 5.73 Å². The number of nitrogens with zero attached hydrogens (tertiary/aromatic N) is 5. The number of carbonyl (C=O) groups excluding carboxylic acids is 2. The van der Waals surface area contributed by atoms with E-state index in [1.165, 1.54) is 11.1 Å². The van der Waals surface area contributed by atoms with Crippen LogP contribution in [0.3, 0.4) is 0 Å². The Balaban J connectivity index is 0.000000216. The van der Waals surface area contributed by atoms with E-state index in [0.717, 1.165) is 5.56 Å². The smallest absolute Gasteiger partial charge is 0.262 e. The third kappa shape index (κ3) is 4.30. The van der Waals surface area contributed by atoms with E-state index in [1.54, 1.807) is 49.5 Å². The second-order valence-electron chi connectivity index (χ2n) is 6.55. The summed E-state index contributed by atoms with van der Waals surface area (Å²) in [7, 11) is 0. The normalized spacial score (nSPS) is 14.6. The number of benzene rings is 1. The summed E-state index contributed by atoms with van der Waals surface area (Å²) in [6, 6.07) is 9.61. The van der Waals surface area contributed by atoms with E-state index in [0.29, 0.717) is 21.8 Å². The van der Waals surface area contributed by atoms with Gasteiger partial charge in [0.15, 0.2) is 10.3 Å². The summed E-state index contributed by atoms with van der Waals surface area (Å²) < 4.78 is 0.